The third kappa shape index (κ3) is 3.07. The minimum atomic E-state index is -0.192. The zero-order chi connectivity index (χ0) is 14.9. The van der Waals surface area contributed by atoms with E-state index in [0.717, 1.165) is 17.5 Å². The van der Waals surface area contributed by atoms with E-state index in [1.54, 1.807) is 6.07 Å². The molecule has 0 saturated carbocycles. The molecule has 1 unspecified atom stereocenters. The van der Waals surface area contributed by atoms with Crippen LogP contribution < -0.4 is 5.73 Å². The van der Waals surface area contributed by atoms with Gasteiger partial charge >= 0.3 is 0 Å². The van der Waals surface area contributed by atoms with E-state index in [1.807, 2.05) is 13.0 Å². The highest BCUT2D eigenvalue weighted by atomic mass is 19.1. The van der Waals surface area contributed by atoms with Crippen LogP contribution in [0.1, 0.15) is 39.4 Å². The fourth-order valence-electron chi connectivity index (χ4n) is 3.00. The molecule has 0 aromatic heterocycles. The molecule has 0 aliphatic heterocycles. The van der Waals surface area contributed by atoms with Gasteiger partial charge in [-0.1, -0.05) is 23.8 Å². The van der Waals surface area contributed by atoms with Crippen LogP contribution >= 0.6 is 0 Å². The number of aryl methyl sites for hydroxylation is 4. The molecule has 0 saturated heterocycles. The molecule has 2 aromatic rings. The molecule has 106 valence electrons. The average molecular weight is 271 g/mol. The lowest BCUT2D eigenvalue weighted by molar-refractivity contribution is 0.623. The van der Waals surface area contributed by atoms with Crippen LogP contribution in [0.25, 0.3) is 0 Å². The molecular formula is C18H22FN. The lowest BCUT2D eigenvalue weighted by atomic mass is 9.90. The minimum absolute atomic E-state index is 0.0558. The summed E-state index contributed by atoms with van der Waals surface area (Å²) in [5.41, 5.74) is 13.4. The van der Waals surface area contributed by atoms with Crippen molar-refractivity contribution in [2.45, 2.75) is 40.2 Å². The Morgan fingerprint density at radius 2 is 1.55 bits per heavy atom. The van der Waals surface area contributed by atoms with Crippen molar-refractivity contribution in [1.82, 2.24) is 0 Å². The molecule has 0 heterocycles. The summed E-state index contributed by atoms with van der Waals surface area (Å²) < 4.78 is 13.1. The molecule has 2 heteroatoms. The maximum absolute atomic E-state index is 13.1. The van der Waals surface area contributed by atoms with Gasteiger partial charge in [0.15, 0.2) is 0 Å². The highest BCUT2D eigenvalue weighted by Gasteiger charge is 2.14. The fraction of sp³-hybridized carbons (Fsp3) is 0.333. The predicted molar refractivity (Wildman–Crippen MR) is 82.4 cm³/mol. The van der Waals surface area contributed by atoms with Gasteiger partial charge in [-0.25, -0.2) is 4.39 Å². The van der Waals surface area contributed by atoms with E-state index < -0.39 is 0 Å². The summed E-state index contributed by atoms with van der Waals surface area (Å²) in [6.45, 7) is 8.23. The number of halogens is 1. The smallest absolute Gasteiger partial charge is 0.123 e. The lowest BCUT2D eigenvalue weighted by Crippen LogP contribution is -2.17. The van der Waals surface area contributed by atoms with E-state index >= 15 is 0 Å². The van der Waals surface area contributed by atoms with Crippen molar-refractivity contribution < 1.29 is 4.39 Å². The number of rotatable bonds is 3. The zero-order valence-electron chi connectivity index (χ0n) is 12.6. The van der Waals surface area contributed by atoms with Crippen LogP contribution in [-0.4, -0.2) is 0 Å². The van der Waals surface area contributed by atoms with Gasteiger partial charge in [0, 0.05) is 6.04 Å². The Hall–Kier alpha value is -1.67. The second kappa shape index (κ2) is 5.76. The topological polar surface area (TPSA) is 26.0 Å². The van der Waals surface area contributed by atoms with E-state index in [9.17, 15) is 4.39 Å². The van der Waals surface area contributed by atoms with Crippen LogP contribution in [0, 0.1) is 33.5 Å². The molecule has 1 atom stereocenters. The first-order valence-electron chi connectivity index (χ1n) is 6.97. The largest absolute Gasteiger partial charge is 0.324 e. The van der Waals surface area contributed by atoms with Crippen molar-refractivity contribution in [1.29, 1.82) is 0 Å². The summed E-state index contributed by atoms with van der Waals surface area (Å²) in [5.74, 6) is -0.192. The minimum Gasteiger partial charge on any atom is -0.324 e. The molecule has 1 nitrogen and oxygen atoms in total. The molecule has 2 N–H and O–H groups in total. The SMILES string of the molecule is Cc1cc(C)c(C(N)Cc2ccc(F)cc2C)c(C)c1. The van der Waals surface area contributed by atoms with E-state index in [0.29, 0.717) is 0 Å². The number of hydrogen-bond acceptors (Lipinski definition) is 1. The first-order valence-corrected chi connectivity index (χ1v) is 6.97. The van der Waals surface area contributed by atoms with E-state index in [4.69, 9.17) is 5.73 Å². The quantitative estimate of drug-likeness (QED) is 0.885. The van der Waals surface area contributed by atoms with E-state index in [1.165, 1.54) is 28.3 Å². The number of hydrogen-bond donors (Lipinski definition) is 1. The highest BCUT2D eigenvalue weighted by molar-refractivity contribution is 5.40. The Labute approximate surface area is 120 Å². The Bertz CT molecular complexity index is 608. The predicted octanol–water partition coefficient (Wildman–Crippen LogP) is 4.30. The maximum Gasteiger partial charge on any atom is 0.123 e. The van der Waals surface area contributed by atoms with Crippen LogP contribution in [0.2, 0.25) is 0 Å². The molecule has 0 aliphatic rings. The average Bonchev–Trinajstić information content (AvgIpc) is 2.31. The molecule has 0 amide bonds. The van der Waals surface area contributed by atoms with E-state index in [2.05, 4.69) is 32.9 Å². The Morgan fingerprint density at radius 3 is 2.10 bits per heavy atom. The molecule has 0 spiro atoms. The standard InChI is InChI=1S/C18H22FN/c1-11-7-13(3)18(14(4)8-11)17(20)10-15-5-6-16(19)9-12(15)2/h5-9,17H,10,20H2,1-4H3. The van der Waals surface area contributed by atoms with Crippen molar-refractivity contribution in [3.8, 4) is 0 Å². The van der Waals surface area contributed by atoms with E-state index in [-0.39, 0.29) is 11.9 Å². The summed E-state index contributed by atoms with van der Waals surface area (Å²) in [5, 5.41) is 0. The second-order valence-corrected chi connectivity index (χ2v) is 5.69. The van der Waals surface area contributed by atoms with Gasteiger partial charge in [0.1, 0.15) is 5.82 Å². The van der Waals surface area contributed by atoms with Gasteiger partial charge in [-0.15, -0.1) is 0 Å². The Morgan fingerprint density at radius 1 is 0.950 bits per heavy atom. The summed E-state index contributed by atoms with van der Waals surface area (Å²) in [4.78, 5) is 0. The molecular weight excluding hydrogens is 249 g/mol. The molecule has 0 radical (unpaired) electrons. The third-order valence-corrected chi connectivity index (χ3v) is 3.85. The molecule has 2 rings (SSSR count). The normalized spacial score (nSPS) is 12.5. The first-order chi connectivity index (χ1) is 9.38. The monoisotopic (exact) mass is 271 g/mol. The summed E-state index contributed by atoms with van der Waals surface area (Å²) in [7, 11) is 0. The fourth-order valence-corrected chi connectivity index (χ4v) is 3.00. The Balaban J connectivity index is 2.31. The van der Waals surface area contributed by atoms with Crippen molar-refractivity contribution in [2.75, 3.05) is 0 Å². The van der Waals surface area contributed by atoms with Crippen molar-refractivity contribution in [3.05, 3.63) is 69.5 Å². The van der Waals surface area contributed by atoms with Gasteiger partial charge in [0.2, 0.25) is 0 Å². The third-order valence-electron chi connectivity index (χ3n) is 3.85. The highest BCUT2D eigenvalue weighted by Crippen LogP contribution is 2.25. The van der Waals surface area contributed by atoms with Crippen LogP contribution in [0.3, 0.4) is 0 Å². The van der Waals surface area contributed by atoms with Gasteiger partial charge in [0.05, 0.1) is 0 Å². The maximum atomic E-state index is 13.1. The van der Waals surface area contributed by atoms with Gasteiger partial charge < -0.3 is 5.73 Å². The molecule has 2 aromatic carbocycles. The molecule has 0 fully saturated rings. The summed E-state index contributed by atoms with van der Waals surface area (Å²) in [6.07, 6.45) is 0.733. The molecule has 0 aliphatic carbocycles. The van der Waals surface area contributed by atoms with Crippen LogP contribution in [0.15, 0.2) is 30.3 Å². The summed E-state index contributed by atoms with van der Waals surface area (Å²) >= 11 is 0. The van der Waals surface area contributed by atoms with Crippen molar-refractivity contribution >= 4 is 0 Å². The van der Waals surface area contributed by atoms with Gasteiger partial charge in [-0.2, -0.15) is 0 Å². The van der Waals surface area contributed by atoms with Crippen LogP contribution in [0.4, 0.5) is 4.39 Å². The number of nitrogens with two attached hydrogens (primary N) is 1. The zero-order valence-corrected chi connectivity index (χ0v) is 12.6. The van der Waals surface area contributed by atoms with Crippen molar-refractivity contribution in [2.24, 2.45) is 5.73 Å². The number of benzene rings is 2. The first kappa shape index (κ1) is 14.7. The van der Waals surface area contributed by atoms with Gasteiger partial charge in [-0.3, -0.25) is 0 Å². The summed E-state index contributed by atoms with van der Waals surface area (Å²) in [6, 6.07) is 9.18. The second-order valence-electron chi connectivity index (χ2n) is 5.69. The van der Waals surface area contributed by atoms with Crippen molar-refractivity contribution in [3.63, 3.8) is 0 Å². The van der Waals surface area contributed by atoms with Gasteiger partial charge in [0.25, 0.3) is 0 Å². The Kier molecular flexibility index (Phi) is 4.24. The molecule has 0 bridgehead atoms. The lowest BCUT2D eigenvalue weighted by Gasteiger charge is -2.19. The van der Waals surface area contributed by atoms with Gasteiger partial charge in [-0.05, 0) is 74.1 Å². The van der Waals surface area contributed by atoms with Crippen LogP contribution in [-0.2, 0) is 6.42 Å². The van der Waals surface area contributed by atoms with Crippen LogP contribution in [0.5, 0.6) is 0 Å². The molecule has 20 heavy (non-hydrogen) atoms.